The van der Waals surface area contributed by atoms with Crippen LogP contribution in [0.3, 0.4) is 0 Å². The highest BCUT2D eigenvalue weighted by Gasteiger charge is 1.90. The van der Waals surface area contributed by atoms with Gasteiger partial charge in [-0.2, -0.15) is 35.3 Å². The Hall–Kier alpha value is 0.530. The van der Waals surface area contributed by atoms with E-state index in [9.17, 15) is 0 Å². The largest absolute Gasteiger partial charge is 0.160 e. The van der Waals surface area contributed by atoms with Crippen LogP contribution < -0.4 is 0 Å². The number of hydrogen-bond acceptors (Lipinski definition) is 3. The van der Waals surface area contributed by atoms with Gasteiger partial charge < -0.3 is 0 Å². The van der Waals surface area contributed by atoms with Crippen LogP contribution in [0, 0.1) is 0 Å². The van der Waals surface area contributed by atoms with E-state index in [4.69, 9.17) is 0 Å². The summed E-state index contributed by atoms with van der Waals surface area (Å²) in [6.07, 6.45) is 8.70. The Bertz CT molecular complexity index is 146. The van der Waals surface area contributed by atoms with Gasteiger partial charge in [-0.3, -0.25) is 0 Å². The second-order valence-electron chi connectivity index (χ2n) is 2.90. The first-order chi connectivity index (χ1) is 7.41. The average Bonchev–Trinajstić information content (AvgIpc) is 2.26. The topological polar surface area (TPSA) is 0 Å². The van der Waals surface area contributed by atoms with Crippen LogP contribution in [0.25, 0.3) is 0 Å². The van der Waals surface area contributed by atoms with E-state index in [-0.39, 0.29) is 0 Å². The van der Waals surface area contributed by atoms with Crippen LogP contribution in [0.4, 0.5) is 0 Å². The maximum Gasteiger partial charge on any atom is 0.0113 e. The fourth-order valence-corrected chi connectivity index (χ4v) is 3.91. The zero-order valence-corrected chi connectivity index (χ0v) is 12.2. The van der Waals surface area contributed by atoms with Gasteiger partial charge in [0.2, 0.25) is 0 Å². The third-order valence-corrected chi connectivity index (χ3v) is 4.99. The Morgan fingerprint density at radius 2 is 1.07 bits per heavy atom. The van der Waals surface area contributed by atoms with Crippen LogP contribution in [0.2, 0.25) is 0 Å². The normalized spacial score (nSPS) is 11.9. The first-order valence-electron chi connectivity index (χ1n) is 5.37. The first-order valence-corrected chi connectivity index (χ1v) is 8.83. The van der Waals surface area contributed by atoms with Crippen LogP contribution in [0.5, 0.6) is 0 Å². The number of thioether (sulfide) groups is 3. The number of hydrogen-bond donors (Lipinski definition) is 0. The quantitative estimate of drug-likeness (QED) is 0.425. The van der Waals surface area contributed by atoms with E-state index in [0.717, 1.165) is 0 Å². The SMILES string of the molecule is CC=CCSCCSCCSCC=CC. The van der Waals surface area contributed by atoms with E-state index in [0.29, 0.717) is 0 Å². The molecule has 0 nitrogen and oxygen atoms in total. The van der Waals surface area contributed by atoms with Crippen molar-refractivity contribution < 1.29 is 0 Å². The first kappa shape index (κ1) is 15.5. The lowest BCUT2D eigenvalue weighted by atomic mass is 10.6. The molecule has 0 rings (SSSR count). The molecule has 88 valence electrons. The molecule has 0 N–H and O–H groups in total. The fraction of sp³-hybridized carbons (Fsp3) is 0.667. The zero-order chi connectivity index (χ0) is 11.2. The van der Waals surface area contributed by atoms with Gasteiger partial charge >= 0.3 is 0 Å². The third-order valence-electron chi connectivity index (χ3n) is 1.64. The Balaban J connectivity index is 2.92. The predicted octanol–water partition coefficient (Wildman–Crippen LogP) is 4.34. The van der Waals surface area contributed by atoms with Gasteiger partial charge in [-0.25, -0.2) is 0 Å². The van der Waals surface area contributed by atoms with Crippen molar-refractivity contribution in [3.8, 4) is 0 Å². The second kappa shape index (κ2) is 14.5. The predicted molar refractivity (Wildman–Crippen MR) is 81.6 cm³/mol. The Morgan fingerprint density at radius 1 is 0.667 bits per heavy atom. The Kier molecular flexibility index (Phi) is 15.0. The minimum atomic E-state index is 1.17. The maximum absolute atomic E-state index is 2.22. The summed E-state index contributed by atoms with van der Waals surface area (Å²) in [5.74, 6) is 7.52. The standard InChI is InChI=1S/C12H22S3/c1-3-5-7-13-9-11-15-12-10-14-8-6-4-2/h3-6H,7-12H2,1-2H3. The highest BCUT2D eigenvalue weighted by atomic mass is 32.2. The van der Waals surface area contributed by atoms with Gasteiger partial charge in [0.05, 0.1) is 0 Å². The summed E-state index contributed by atoms with van der Waals surface area (Å²) in [5, 5.41) is 0. The van der Waals surface area contributed by atoms with Crippen molar-refractivity contribution in [1.82, 2.24) is 0 Å². The summed E-state index contributed by atoms with van der Waals surface area (Å²) >= 11 is 6.13. The summed E-state index contributed by atoms with van der Waals surface area (Å²) in [6.45, 7) is 4.16. The van der Waals surface area contributed by atoms with Crippen LogP contribution >= 0.6 is 35.3 Å². The molecule has 15 heavy (non-hydrogen) atoms. The monoisotopic (exact) mass is 262 g/mol. The van der Waals surface area contributed by atoms with Crippen LogP contribution in [0.1, 0.15) is 13.8 Å². The third kappa shape index (κ3) is 14.5. The van der Waals surface area contributed by atoms with E-state index < -0.39 is 0 Å². The molecule has 0 saturated carbocycles. The summed E-state index contributed by atoms with van der Waals surface area (Å²) in [4.78, 5) is 0. The number of allylic oxidation sites excluding steroid dienone is 2. The van der Waals surface area contributed by atoms with E-state index in [2.05, 4.69) is 49.9 Å². The van der Waals surface area contributed by atoms with E-state index in [1.165, 1.54) is 34.5 Å². The van der Waals surface area contributed by atoms with Crippen LogP contribution in [0.15, 0.2) is 24.3 Å². The molecule has 0 aliphatic heterocycles. The molecule has 0 spiro atoms. The molecule has 0 unspecified atom stereocenters. The van der Waals surface area contributed by atoms with E-state index in [1.54, 1.807) is 0 Å². The molecule has 0 aromatic carbocycles. The molecule has 0 amide bonds. The minimum absolute atomic E-state index is 1.17. The maximum atomic E-state index is 2.22. The summed E-state index contributed by atoms with van der Waals surface area (Å²) in [7, 11) is 0. The molecule has 0 radical (unpaired) electrons. The van der Waals surface area contributed by atoms with Gasteiger partial charge in [0, 0.05) is 34.5 Å². The molecule has 0 atom stereocenters. The highest BCUT2D eigenvalue weighted by molar-refractivity contribution is 8.04. The van der Waals surface area contributed by atoms with Gasteiger partial charge in [0.25, 0.3) is 0 Å². The second-order valence-corrected chi connectivity index (χ2v) is 6.42. The fourth-order valence-electron chi connectivity index (χ4n) is 0.833. The summed E-state index contributed by atoms with van der Waals surface area (Å²) < 4.78 is 0. The van der Waals surface area contributed by atoms with Crippen molar-refractivity contribution in [3.63, 3.8) is 0 Å². The van der Waals surface area contributed by atoms with Crippen molar-refractivity contribution >= 4 is 35.3 Å². The van der Waals surface area contributed by atoms with Gasteiger partial charge in [-0.05, 0) is 13.8 Å². The zero-order valence-electron chi connectivity index (χ0n) is 9.78. The van der Waals surface area contributed by atoms with Crippen LogP contribution in [-0.4, -0.2) is 34.5 Å². The van der Waals surface area contributed by atoms with Crippen molar-refractivity contribution in [2.24, 2.45) is 0 Å². The molecule has 0 aromatic heterocycles. The highest BCUT2D eigenvalue weighted by Crippen LogP contribution is 2.10. The van der Waals surface area contributed by atoms with E-state index in [1.807, 2.05) is 23.5 Å². The van der Waals surface area contributed by atoms with Crippen molar-refractivity contribution in [2.75, 3.05) is 34.5 Å². The number of rotatable bonds is 10. The average molecular weight is 263 g/mol. The van der Waals surface area contributed by atoms with E-state index >= 15 is 0 Å². The van der Waals surface area contributed by atoms with Gasteiger partial charge in [-0.1, -0.05) is 24.3 Å². The molecule has 0 aliphatic carbocycles. The van der Waals surface area contributed by atoms with Crippen molar-refractivity contribution in [3.05, 3.63) is 24.3 Å². The van der Waals surface area contributed by atoms with Gasteiger partial charge in [0.15, 0.2) is 0 Å². The minimum Gasteiger partial charge on any atom is -0.160 e. The molecule has 0 fully saturated rings. The molecule has 0 aliphatic rings. The molecule has 3 heteroatoms. The van der Waals surface area contributed by atoms with Crippen LogP contribution in [-0.2, 0) is 0 Å². The molecular weight excluding hydrogens is 240 g/mol. The summed E-state index contributed by atoms with van der Waals surface area (Å²) in [5.41, 5.74) is 0. The lowest BCUT2D eigenvalue weighted by Gasteiger charge is -2.00. The summed E-state index contributed by atoms with van der Waals surface area (Å²) in [6, 6.07) is 0. The molecule has 0 saturated heterocycles. The Labute approximate surface area is 108 Å². The lowest BCUT2D eigenvalue weighted by molar-refractivity contribution is 1.48. The molecule has 0 bridgehead atoms. The lowest BCUT2D eigenvalue weighted by Crippen LogP contribution is -1.90. The molecular formula is C12H22S3. The molecule has 0 heterocycles. The van der Waals surface area contributed by atoms with Crippen molar-refractivity contribution in [1.29, 1.82) is 0 Å². The van der Waals surface area contributed by atoms with Gasteiger partial charge in [0.1, 0.15) is 0 Å². The smallest absolute Gasteiger partial charge is 0.0113 e. The van der Waals surface area contributed by atoms with Crippen molar-refractivity contribution in [2.45, 2.75) is 13.8 Å². The molecule has 0 aromatic rings. The Morgan fingerprint density at radius 3 is 1.47 bits per heavy atom. The van der Waals surface area contributed by atoms with Gasteiger partial charge in [-0.15, -0.1) is 0 Å².